The van der Waals surface area contributed by atoms with Crippen molar-refractivity contribution in [1.29, 1.82) is 0 Å². The van der Waals surface area contributed by atoms with Crippen LogP contribution in [0.5, 0.6) is 5.75 Å². The SMILES string of the molecule is C=CCN(C(=O)Cc1ccc(OCc2ccccc2)cc1)[C@H](CCCO[Si](C(C)C)(C(C)C)C(C)C)C(=O)N[C@H](CCCO[Si](C(C)C)(C(C)C)C(C)C)CN(CC=C)S(=O)(=O)c1ccccc1[N+](=O)[O-]. The predicted octanol–water partition coefficient (Wildman–Crippen LogP) is 12.4. The summed E-state index contributed by atoms with van der Waals surface area (Å²) >= 11 is 0. The first-order chi connectivity index (χ1) is 33.5. The molecule has 0 spiro atoms. The van der Waals surface area contributed by atoms with E-state index in [2.05, 4.69) is 102 Å². The molecule has 3 aromatic carbocycles. The molecule has 2 amide bonds. The van der Waals surface area contributed by atoms with Crippen molar-refractivity contribution in [3.05, 3.63) is 125 Å². The molecular formula is C55H86N4O9SSi2. The van der Waals surface area contributed by atoms with Crippen molar-refractivity contribution in [2.24, 2.45) is 0 Å². The van der Waals surface area contributed by atoms with Gasteiger partial charge >= 0.3 is 0 Å². The highest BCUT2D eigenvalue weighted by Gasteiger charge is 2.46. The highest BCUT2D eigenvalue weighted by atomic mass is 32.2. The second-order valence-electron chi connectivity index (χ2n) is 20.6. The normalized spacial score (nSPS) is 13.3. The molecule has 0 aliphatic rings. The zero-order valence-corrected chi connectivity index (χ0v) is 47.7. The van der Waals surface area contributed by atoms with Crippen LogP contribution in [0.4, 0.5) is 5.69 Å². The Kier molecular flexibility index (Phi) is 24.6. The maximum atomic E-state index is 15.1. The predicted molar refractivity (Wildman–Crippen MR) is 293 cm³/mol. The summed E-state index contributed by atoms with van der Waals surface area (Å²) in [4.78, 5) is 42.2. The van der Waals surface area contributed by atoms with E-state index in [0.717, 1.165) is 21.5 Å². The number of carbonyl (C=O) groups is 2. The number of sulfonamides is 1. The van der Waals surface area contributed by atoms with Gasteiger partial charge in [0.1, 0.15) is 18.4 Å². The van der Waals surface area contributed by atoms with E-state index in [4.69, 9.17) is 13.6 Å². The quantitative estimate of drug-likeness (QED) is 0.0206. The van der Waals surface area contributed by atoms with Gasteiger partial charge in [0.15, 0.2) is 21.5 Å². The summed E-state index contributed by atoms with van der Waals surface area (Å²) < 4.78 is 49.8. The van der Waals surface area contributed by atoms with Crippen molar-refractivity contribution in [3.63, 3.8) is 0 Å². The number of amides is 2. The van der Waals surface area contributed by atoms with Crippen molar-refractivity contribution in [1.82, 2.24) is 14.5 Å². The van der Waals surface area contributed by atoms with Crippen LogP contribution in [0, 0.1) is 10.1 Å². The first-order valence-corrected chi connectivity index (χ1v) is 31.3. The molecule has 3 aromatic rings. The van der Waals surface area contributed by atoms with E-state index >= 15 is 4.79 Å². The minimum atomic E-state index is -4.48. The average molecular weight is 1040 g/mol. The van der Waals surface area contributed by atoms with Gasteiger partial charge in [-0.15, -0.1) is 13.2 Å². The zero-order chi connectivity index (χ0) is 53.1. The van der Waals surface area contributed by atoms with Gasteiger partial charge in [-0.25, -0.2) is 8.42 Å². The monoisotopic (exact) mass is 1030 g/mol. The molecule has 0 aromatic heterocycles. The van der Waals surface area contributed by atoms with Crippen LogP contribution in [0.3, 0.4) is 0 Å². The first kappa shape index (κ1) is 60.8. The number of nitrogens with zero attached hydrogens (tertiary/aromatic N) is 3. The van der Waals surface area contributed by atoms with Crippen LogP contribution in [-0.4, -0.2) is 95.9 Å². The van der Waals surface area contributed by atoms with Crippen LogP contribution in [0.1, 0.15) is 120 Å². The molecule has 0 bridgehead atoms. The lowest BCUT2D eigenvalue weighted by Gasteiger charge is -2.42. The largest absolute Gasteiger partial charge is 0.489 e. The summed E-state index contributed by atoms with van der Waals surface area (Å²) in [5.74, 6) is -0.0768. The second-order valence-corrected chi connectivity index (χ2v) is 33.4. The van der Waals surface area contributed by atoms with E-state index in [9.17, 15) is 23.3 Å². The third kappa shape index (κ3) is 16.3. The number of nitro benzene ring substituents is 1. The lowest BCUT2D eigenvalue weighted by molar-refractivity contribution is -0.387. The third-order valence-corrected chi connectivity index (χ3v) is 28.2. The number of hydrogen-bond donors (Lipinski definition) is 1. The number of hydrogen-bond acceptors (Lipinski definition) is 9. The Morgan fingerprint density at radius 1 is 0.690 bits per heavy atom. The molecule has 0 radical (unpaired) electrons. The van der Waals surface area contributed by atoms with E-state index in [-0.39, 0.29) is 38.4 Å². The van der Waals surface area contributed by atoms with Crippen molar-refractivity contribution in [2.75, 3.05) is 32.8 Å². The molecule has 0 heterocycles. The number of nitrogens with one attached hydrogen (secondary N) is 1. The molecule has 0 unspecified atom stereocenters. The molecule has 0 fully saturated rings. The molecular weight excluding hydrogens is 949 g/mol. The zero-order valence-electron chi connectivity index (χ0n) is 44.9. The summed E-state index contributed by atoms with van der Waals surface area (Å²) in [5, 5.41) is 15.3. The fourth-order valence-corrected chi connectivity index (χ4v) is 23.5. The van der Waals surface area contributed by atoms with Crippen LogP contribution in [-0.2, 0) is 41.5 Å². The lowest BCUT2D eigenvalue weighted by Crippen LogP contribution is -2.55. The molecule has 394 valence electrons. The number of nitro groups is 1. The molecule has 16 heteroatoms. The Morgan fingerprint density at radius 3 is 1.68 bits per heavy atom. The molecule has 2 atom stereocenters. The first-order valence-electron chi connectivity index (χ1n) is 25.6. The lowest BCUT2D eigenvalue weighted by atomic mass is 10.0. The molecule has 3 rings (SSSR count). The maximum absolute atomic E-state index is 15.1. The number of para-hydroxylation sites is 1. The molecule has 0 saturated carbocycles. The van der Waals surface area contributed by atoms with E-state index in [1.54, 1.807) is 11.0 Å². The van der Waals surface area contributed by atoms with Crippen LogP contribution < -0.4 is 10.1 Å². The van der Waals surface area contributed by atoms with Gasteiger partial charge in [0.25, 0.3) is 5.69 Å². The fraction of sp³-hybridized carbons (Fsp3) is 0.564. The Bertz CT molecular complexity index is 2210. The van der Waals surface area contributed by atoms with E-state index in [0.29, 0.717) is 78.1 Å². The molecule has 1 N–H and O–H groups in total. The minimum absolute atomic E-state index is 0.00628. The number of benzene rings is 3. The van der Waals surface area contributed by atoms with Gasteiger partial charge in [-0.3, -0.25) is 19.7 Å². The van der Waals surface area contributed by atoms with Crippen LogP contribution in [0.25, 0.3) is 0 Å². The summed E-state index contributed by atoms with van der Waals surface area (Å²) in [5.41, 5.74) is 3.28. The Balaban J connectivity index is 2.07. The van der Waals surface area contributed by atoms with Crippen molar-refractivity contribution < 1.29 is 36.5 Å². The van der Waals surface area contributed by atoms with Crippen LogP contribution in [0.15, 0.2) is 109 Å². The Labute approximate surface area is 429 Å². The van der Waals surface area contributed by atoms with Gasteiger partial charge in [-0.1, -0.05) is 150 Å². The Morgan fingerprint density at radius 2 is 1.18 bits per heavy atom. The number of carbonyl (C=O) groups excluding carboxylic acids is 2. The topological polar surface area (TPSA) is 158 Å². The van der Waals surface area contributed by atoms with E-state index in [1.165, 1.54) is 24.3 Å². The molecule has 13 nitrogen and oxygen atoms in total. The summed E-state index contributed by atoms with van der Waals surface area (Å²) in [6.07, 6.45) is 4.59. The van der Waals surface area contributed by atoms with Crippen molar-refractivity contribution in [3.8, 4) is 5.75 Å². The Hall–Kier alpha value is -4.46. The number of rotatable bonds is 33. The van der Waals surface area contributed by atoms with E-state index in [1.807, 2.05) is 54.6 Å². The third-order valence-electron chi connectivity index (χ3n) is 14.1. The molecule has 0 aliphatic carbocycles. The highest BCUT2D eigenvalue weighted by molar-refractivity contribution is 7.89. The smallest absolute Gasteiger partial charge is 0.289 e. The second kappa shape index (κ2) is 28.7. The fourth-order valence-electron chi connectivity index (χ4n) is 10.9. The van der Waals surface area contributed by atoms with Crippen LogP contribution >= 0.6 is 0 Å². The summed E-state index contributed by atoms with van der Waals surface area (Å²) in [7, 11) is -9.01. The highest BCUT2D eigenvalue weighted by Crippen LogP contribution is 2.43. The molecule has 71 heavy (non-hydrogen) atoms. The number of ether oxygens (including phenoxy) is 1. The minimum Gasteiger partial charge on any atom is -0.489 e. The van der Waals surface area contributed by atoms with Gasteiger partial charge < -0.3 is 23.8 Å². The van der Waals surface area contributed by atoms with Gasteiger partial charge in [0.2, 0.25) is 21.8 Å². The maximum Gasteiger partial charge on any atom is 0.289 e. The van der Waals surface area contributed by atoms with Crippen molar-refractivity contribution >= 4 is 44.2 Å². The standard InChI is InChI=1S/C55H86N4O9SSi2/c1-15-34-57(69(64,65)53-29-21-20-27-51(53)59(62)63)39-49(26-22-36-67-70(41(3)4,42(5)6)43(7)8)56-55(61)52(28-23-37-68-71(44(9)10,45(11)12)46(13)14)58(35-16-2)54(60)38-47-30-32-50(33-31-47)66-40-48-24-18-17-19-25-48/h15-21,24-25,27,29-33,41-46,49,52H,1-2,22-23,26,28,34-40H2,3-14H3,(H,56,61)/t49-,52-/m1/s1. The van der Waals surface area contributed by atoms with Gasteiger partial charge in [0, 0.05) is 45.0 Å². The molecule has 0 saturated heterocycles. The van der Waals surface area contributed by atoms with Crippen molar-refractivity contribution in [2.45, 2.75) is 172 Å². The van der Waals surface area contributed by atoms with Gasteiger partial charge in [0.05, 0.1) is 11.3 Å². The van der Waals surface area contributed by atoms with E-state index < -0.39 is 60.2 Å². The van der Waals surface area contributed by atoms with Gasteiger partial charge in [-0.2, -0.15) is 4.31 Å². The van der Waals surface area contributed by atoms with Gasteiger partial charge in [-0.05, 0) is 88.3 Å². The van der Waals surface area contributed by atoms with Crippen LogP contribution in [0.2, 0.25) is 33.2 Å². The average Bonchev–Trinajstić information content (AvgIpc) is 3.31. The summed E-state index contributed by atoms with van der Waals surface area (Å²) in [6, 6.07) is 20.7. The molecule has 0 aliphatic heterocycles. The summed E-state index contributed by atoms with van der Waals surface area (Å²) in [6.45, 7) is 35.3.